The fourth-order valence-electron chi connectivity index (χ4n) is 1.29. The van der Waals surface area contributed by atoms with Crippen LogP contribution in [0.2, 0.25) is 0 Å². The van der Waals surface area contributed by atoms with Gasteiger partial charge in [0.25, 0.3) is 5.91 Å². The van der Waals surface area contributed by atoms with Crippen molar-refractivity contribution in [2.75, 3.05) is 20.6 Å². The van der Waals surface area contributed by atoms with Crippen molar-refractivity contribution in [2.24, 2.45) is 0 Å². The number of carbonyl (C=O) groups excluding carboxylic acids is 1. The predicted molar refractivity (Wildman–Crippen MR) is 61.8 cm³/mol. The second-order valence-electron chi connectivity index (χ2n) is 3.68. The molecule has 0 heterocycles. The summed E-state index contributed by atoms with van der Waals surface area (Å²) in [6.07, 6.45) is 0. The Labute approximate surface area is 91.1 Å². The van der Waals surface area contributed by atoms with E-state index in [0.717, 1.165) is 18.7 Å². The van der Waals surface area contributed by atoms with Crippen LogP contribution in [0.15, 0.2) is 24.3 Å². The molecule has 0 unspecified atom stereocenters. The van der Waals surface area contributed by atoms with Gasteiger partial charge in [-0.1, -0.05) is 19.1 Å². The van der Waals surface area contributed by atoms with E-state index in [1.54, 1.807) is 19.0 Å². The lowest BCUT2D eigenvalue weighted by molar-refractivity contribution is 0.0827. The molecule has 1 aromatic carbocycles. The average molecular weight is 206 g/mol. The van der Waals surface area contributed by atoms with Crippen LogP contribution in [0.25, 0.3) is 0 Å². The van der Waals surface area contributed by atoms with Crippen LogP contribution in [-0.4, -0.2) is 31.4 Å². The quantitative estimate of drug-likeness (QED) is 0.809. The summed E-state index contributed by atoms with van der Waals surface area (Å²) in [7, 11) is 3.52. The number of hydrogen-bond donors (Lipinski definition) is 1. The minimum atomic E-state index is 0.0463. The normalized spacial score (nSPS) is 10.1. The zero-order valence-electron chi connectivity index (χ0n) is 9.58. The fourth-order valence-corrected chi connectivity index (χ4v) is 1.29. The fraction of sp³-hybridized carbons (Fsp3) is 0.417. The van der Waals surface area contributed by atoms with E-state index in [0.29, 0.717) is 0 Å². The first-order valence-electron chi connectivity index (χ1n) is 5.16. The topological polar surface area (TPSA) is 32.3 Å². The third-order valence-corrected chi connectivity index (χ3v) is 2.19. The lowest BCUT2D eigenvalue weighted by atomic mass is 10.1. The van der Waals surface area contributed by atoms with Gasteiger partial charge < -0.3 is 10.2 Å². The van der Waals surface area contributed by atoms with E-state index in [-0.39, 0.29) is 5.91 Å². The number of carbonyl (C=O) groups is 1. The van der Waals surface area contributed by atoms with Gasteiger partial charge in [-0.05, 0) is 24.2 Å². The van der Waals surface area contributed by atoms with E-state index in [4.69, 9.17) is 0 Å². The molecule has 0 aliphatic rings. The largest absolute Gasteiger partial charge is 0.345 e. The number of amides is 1. The highest BCUT2D eigenvalue weighted by Crippen LogP contribution is 2.06. The molecule has 1 N–H and O–H groups in total. The van der Waals surface area contributed by atoms with Crippen molar-refractivity contribution in [2.45, 2.75) is 13.5 Å². The van der Waals surface area contributed by atoms with Gasteiger partial charge in [-0.15, -0.1) is 0 Å². The molecule has 82 valence electrons. The third-order valence-electron chi connectivity index (χ3n) is 2.19. The lowest BCUT2D eigenvalue weighted by Gasteiger charge is -2.10. The van der Waals surface area contributed by atoms with Gasteiger partial charge in [0, 0.05) is 26.2 Å². The minimum Gasteiger partial charge on any atom is -0.345 e. The van der Waals surface area contributed by atoms with Crippen LogP contribution in [-0.2, 0) is 6.54 Å². The van der Waals surface area contributed by atoms with Crippen LogP contribution in [0.5, 0.6) is 0 Å². The second-order valence-corrected chi connectivity index (χ2v) is 3.68. The summed E-state index contributed by atoms with van der Waals surface area (Å²) in [4.78, 5) is 13.2. The van der Waals surface area contributed by atoms with Crippen LogP contribution in [0, 0.1) is 0 Å². The highest BCUT2D eigenvalue weighted by molar-refractivity contribution is 5.93. The van der Waals surface area contributed by atoms with E-state index < -0.39 is 0 Å². The lowest BCUT2D eigenvalue weighted by Crippen LogP contribution is -2.21. The molecule has 0 saturated carbocycles. The maximum Gasteiger partial charge on any atom is 0.253 e. The minimum absolute atomic E-state index is 0.0463. The summed E-state index contributed by atoms with van der Waals surface area (Å²) in [6.45, 7) is 3.88. The van der Waals surface area contributed by atoms with Crippen molar-refractivity contribution in [1.29, 1.82) is 0 Å². The van der Waals surface area contributed by atoms with Crippen LogP contribution in [0.3, 0.4) is 0 Å². The first-order valence-corrected chi connectivity index (χ1v) is 5.16. The smallest absolute Gasteiger partial charge is 0.253 e. The predicted octanol–water partition coefficient (Wildman–Crippen LogP) is 1.50. The Hall–Kier alpha value is -1.35. The summed E-state index contributed by atoms with van der Waals surface area (Å²) in [6, 6.07) is 7.71. The second kappa shape index (κ2) is 5.51. The van der Waals surface area contributed by atoms with Crippen molar-refractivity contribution in [1.82, 2.24) is 10.2 Å². The van der Waals surface area contributed by atoms with E-state index in [2.05, 4.69) is 12.2 Å². The summed E-state index contributed by atoms with van der Waals surface area (Å²) in [5.41, 5.74) is 1.94. The highest BCUT2D eigenvalue weighted by Gasteiger charge is 2.06. The first-order chi connectivity index (χ1) is 7.15. The Balaban J connectivity index is 2.68. The van der Waals surface area contributed by atoms with Gasteiger partial charge in [-0.3, -0.25) is 4.79 Å². The van der Waals surface area contributed by atoms with E-state index in [1.807, 2.05) is 24.3 Å². The molecule has 1 aromatic rings. The Bertz CT molecular complexity index is 317. The summed E-state index contributed by atoms with van der Waals surface area (Å²) in [5, 5.41) is 3.24. The zero-order chi connectivity index (χ0) is 11.3. The SMILES string of the molecule is CCNCc1ccc(C(=O)N(C)C)cc1. The van der Waals surface area contributed by atoms with Gasteiger partial charge in [0.2, 0.25) is 0 Å². The molecule has 0 aliphatic carbocycles. The maximum absolute atomic E-state index is 11.6. The van der Waals surface area contributed by atoms with Crippen LogP contribution >= 0.6 is 0 Å². The summed E-state index contributed by atoms with van der Waals surface area (Å²) >= 11 is 0. The Morgan fingerprint density at radius 3 is 2.33 bits per heavy atom. The molecule has 0 fully saturated rings. The molecule has 0 bridgehead atoms. The van der Waals surface area contributed by atoms with Crippen LogP contribution < -0.4 is 5.32 Å². The van der Waals surface area contributed by atoms with E-state index >= 15 is 0 Å². The third kappa shape index (κ3) is 3.36. The van der Waals surface area contributed by atoms with Crippen LogP contribution in [0.4, 0.5) is 0 Å². The van der Waals surface area contributed by atoms with Crippen molar-refractivity contribution in [3.8, 4) is 0 Å². The first kappa shape index (κ1) is 11.7. The number of benzene rings is 1. The van der Waals surface area contributed by atoms with E-state index in [9.17, 15) is 4.79 Å². The molecule has 3 nitrogen and oxygen atoms in total. The van der Waals surface area contributed by atoms with Crippen molar-refractivity contribution < 1.29 is 4.79 Å². The summed E-state index contributed by atoms with van der Waals surface area (Å²) < 4.78 is 0. The maximum atomic E-state index is 11.6. The number of rotatable bonds is 4. The Morgan fingerprint density at radius 1 is 1.27 bits per heavy atom. The molecular formula is C12H18N2O. The Kier molecular flexibility index (Phi) is 4.31. The molecule has 1 rings (SSSR count). The van der Waals surface area contributed by atoms with Gasteiger partial charge in [-0.25, -0.2) is 0 Å². The average Bonchev–Trinajstić information content (AvgIpc) is 2.26. The number of nitrogens with zero attached hydrogens (tertiary/aromatic N) is 1. The van der Waals surface area contributed by atoms with Crippen LogP contribution in [0.1, 0.15) is 22.8 Å². The molecule has 3 heteroatoms. The van der Waals surface area contributed by atoms with Gasteiger partial charge in [0.05, 0.1) is 0 Å². The zero-order valence-corrected chi connectivity index (χ0v) is 9.58. The molecule has 0 saturated heterocycles. The van der Waals surface area contributed by atoms with Gasteiger partial charge in [0.1, 0.15) is 0 Å². The van der Waals surface area contributed by atoms with Crippen molar-refractivity contribution >= 4 is 5.91 Å². The highest BCUT2D eigenvalue weighted by atomic mass is 16.2. The molecule has 0 spiro atoms. The molecule has 0 atom stereocenters. The molecule has 15 heavy (non-hydrogen) atoms. The number of hydrogen-bond acceptors (Lipinski definition) is 2. The molecular weight excluding hydrogens is 188 g/mol. The standard InChI is InChI=1S/C12H18N2O/c1-4-13-9-10-5-7-11(8-6-10)12(15)14(2)3/h5-8,13H,4,9H2,1-3H3. The number of nitrogens with one attached hydrogen (secondary N) is 1. The van der Waals surface area contributed by atoms with Gasteiger partial charge in [-0.2, -0.15) is 0 Å². The van der Waals surface area contributed by atoms with Gasteiger partial charge >= 0.3 is 0 Å². The van der Waals surface area contributed by atoms with E-state index in [1.165, 1.54) is 5.56 Å². The van der Waals surface area contributed by atoms with Crippen molar-refractivity contribution in [3.05, 3.63) is 35.4 Å². The summed E-state index contributed by atoms with van der Waals surface area (Å²) in [5.74, 6) is 0.0463. The molecule has 0 aliphatic heterocycles. The Morgan fingerprint density at radius 2 is 1.87 bits per heavy atom. The molecule has 1 amide bonds. The molecule has 0 aromatic heterocycles. The van der Waals surface area contributed by atoms with Gasteiger partial charge in [0.15, 0.2) is 0 Å². The molecule has 0 radical (unpaired) electrons. The van der Waals surface area contributed by atoms with Crippen molar-refractivity contribution in [3.63, 3.8) is 0 Å². The monoisotopic (exact) mass is 206 g/mol.